The first-order valence-corrected chi connectivity index (χ1v) is 9.17. The quantitative estimate of drug-likeness (QED) is 0.798. The zero-order valence-electron chi connectivity index (χ0n) is 10.6. The van der Waals surface area contributed by atoms with Gasteiger partial charge in [0, 0.05) is 6.04 Å². The Bertz CT molecular complexity index is 787. The summed E-state index contributed by atoms with van der Waals surface area (Å²) in [5.41, 5.74) is -0.379. The molecule has 0 aromatic heterocycles. The van der Waals surface area contributed by atoms with E-state index in [2.05, 4.69) is 4.72 Å². The van der Waals surface area contributed by atoms with Gasteiger partial charge >= 0.3 is 5.97 Å². The Morgan fingerprint density at radius 2 is 2.05 bits per heavy atom. The van der Waals surface area contributed by atoms with Crippen molar-refractivity contribution in [2.24, 2.45) is 0 Å². The van der Waals surface area contributed by atoms with Gasteiger partial charge in [-0.2, -0.15) is 0 Å². The number of carboxylic acids is 1. The lowest BCUT2D eigenvalue weighted by Gasteiger charge is -2.12. The van der Waals surface area contributed by atoms with Gasteiger partial charge in [-0.25, -0.2) is 30.7 Å². The number of hydrogen-bond donors (Lipinski definition) is 2. The summed E-state index contributed by atoms with van der Waals surface area (Å²) in [7, 11) is -7.63. The molecule has 0 aliphatic carbocycles. The number of hydrogen-bond acceptors (Lipinski definition) is 5. The monoisotopic (exact) mass is 337 g/mol. The predicted molar refractivity (Wildman–Crippen MR) is 70.7 cm³/mol. The topological polar surface area (TPSA) is 118 Å². The van der Waals surface area contributed by atoms with Gasteiger partial charge in [0.05, 0.1) is 17.1 Å². The van der Waals surface area contributed by atoms with Crippen LogP contribution in [0.15, 0.2) is 23.1 Å². The molecule has 7 nitrogen and oxygen atoms in total. The number of rotatable bonds is 4. The minimum absolute atomic E-state index is 0.0990. The van der Waals surface area contributed by atoms with Crippen LogP contribution in [0.2, 0.25) is 0 Å². The molecule has 0 amide bonds. The highest BCUT2D eigenvalue weighted by Gasteiger charge is 2.32. The molecule has 1 unspecified atom stereocenters. The van der Waals surface area contributed by atoms with Crippen molar-refractivity contribution in [1.29, 1.82) is 0 Å². The molecule has 1 saturated heterocycles. The molecule has 21 heavy (non-hydrogen) atoms. The number of carbonyl (C=O) groups is 1. The van der Waals surface area contributed by atoms with E-state index in [1.807, 2.05) is 0 Å². The first-order chi connectivity index (χ1) is 9.61. The van der Waals surface area contributed by atoms with Crippen molar-refractivity contribution in [1.82, 2.24) is 4.72 Å². The number of halogens is 1. The molecule has 0 bridgehead atoms. The Balaban J connectivity index is 2.32. The molecule has 1 fully saturated rings. The lowest BCUT2D eigenvalue weighted by atomic mass is 10.2. The lowest BCUT2D eigenvalue weighted by Crippen LogP contribution is -2.36. The Labute approximate surface area is 120 Å². The highest BCUT2D eigenvalue weighted by molar-refractivity contribution is 7.92. The van der Waals surface area contributed by atoms with Crippen LogP contribution in [0.5, 0.6) is 0 Å². The molecule has 2 rings (SSSR count). The Hall–Kier alpha value is -1.52. The fraction of sp³-hybridized carbons (Fsp3) is 0.364. The van der Waals surface area contributed by atoms with E-state index in [1.165, 1.54) is 0 Å². The van der Waals surface area contributed by atoms with Gasteiger partial charge in [-0.1, -0.05) is 0 Å². The van der Waals surface area contributed by atoms with E-state index in [-0.39, 0.29) is 23.5 Å². The number of nitrogens with one attached hydrogen (secondary N) is 1. The summed E-state index contributed by atoms with van der Waals surface area (Å²) in [6.45, 7) is 0. The third-order valence-corrected chi connectivity index (χ3v) is 6.33. The van der Waals surface area contributed by atoms with Crippen LogP contribution in [0.1, 0.15) is 16.8 Å². The highest BCUT2D eigenvalue weighted by atomic mass is 32.2. The van der Waals surface area contributed by atoms with Gasteiger partial charge in [-0.3, -0.25) is 0 Å². The fourth-order valence-electron chi connectivity index (χ4n) is 2.01. The van der Waals surface area contributed by atoms with Gasteiger partial charge in [-0.15, -0.1) is 0 Å². The summed E-state index contributed by atoms with van der Waals surface area (Å²) >= 11 is 0. The van der Waals surface area contributed by atoms with Crippen LogP contribution in [0, 0.1) is 5.82 Å². The molecule has 1 aliphatic rings. The number of carboxylic acid groups (broad SMARTS) is 1. The van der Waals surface area contributed by atoms with E-state index in [4.69, 9.17) is 5.11 Å². The zero-order chi connectivity index (χ0) is 15.8. The van der Waals surface area contributed by atoms with Crippen LogP contribution >= 0.6 is 0 Å². The van der Waals surface area contributed by atoms with Crippen LogP contribution in [0.3, 0.4) is 0 Å². The van der Waals surface area contributed by atoms with Crippen LogP contribution in [0.25, 0.3) is 0 Å². The molecule has 116 valence electrons. The van der Waals surface area contributed by atoms with Gasteiger partial charge < -0.3 is 5.11 Å². The third kappa shape index (κ3) is 3.57. The molecule has 0 spiro atoms. The van der Waals surface area contributed by atoms with Crippen molar-refractivity contribution < 1.29 is 31.1 Å². The molecule has 10 heteroatoms. The Morgan fingerprint density at radius 1 is 1.38 bits per heavy atom. The molecule has 1 heterocycles. The first kappa shape index (κ1) is 15.9. The molecule has 1 atom stereocenters. The molecular weight excluding hydrogens is 325 g/mol. The smallest absolute Gasteiger partial charge is 0.335 e. The molecule has 1 aliphatic heterocycles. The second kappa shape index (κ2) is 5.35. The number of sulfonamides is 1. The third-order valence-electron chi connectivity index (χ3n) is 3.02. The molecule has 2 N–H and O–H groups in total. The summed E-state index contributed by atoms with van der Waals surface area (Å²) in [5.74, 6) is -2.99. The minimum atomic E-state index is -4.33. The van der Waals surface area contributed by atoms with E-state index in [9.17, 15) is 26.0 Å². The maximum atomic E-state index is 13.6. The maximum Gasteiger partial charge on any atom is 0.335 e. The summed E-state index contributed by atoms with van der Waals surface area (Å²) in [6, 6.07) is 1.54. The Kier molecular flexibility index (Phi) is 4.04. The zero-order valence-corrected chi connectivity index (χ0v) is 12.2. The van der Waals surface area contributed by atoms with E-state index < -0.39 is 42.6 Å². The molecule has 0 radical (unpaired) electrons. The average molecular weight is 337 g/mol. The van der Waals surface area contributed by atoms with Gasteiger partial charge in [0.25, 0.3) is 0 Å². The van der Waals surface area contributed by atoms with Crippen molar-refractivity contribution in [3.63, 3.8) is 0 Å². The number of aromatic carboxylic acids is 1. The first-order valence-electron chi connectivity index (χ1n) is 5.86. The fourth-order valence-corrected chi connectivity index (χ4v) is 5.17. The van der Waals surface area contributed by atoms with Crippen molar-refractivity contribution >= 4 is 25.8 Å². The van der Waals surface area contributed by atoms with Gasteiger partial charge in [0.2, 0.25) is 10.0 Å². The van der Waals surface area contributed by atoms with E-state index in [0.29, 0.717) is 6.07 Å². The van der Waals surface area contributed by atoms with E-state index in [0.717, 1.165) is 12.1 Å². The largest absolute Gasteiger partial charge is 0.478 e. The van der Waals surface area contributed by atoms with Gasteiger partial charge in [0.15, 0.2) is 9.84 Å². The minimum Gasteiger partial charge on any atom is -0.478 e. The van der Waals surface area contributed by atoms with Crippen LogP contribution in [-0.4, -0.2) is 45.5 Å². The summed E-state index contributed by atoms with van der Waals surface area (Å²) in [6.07, 6.45) is 0.0990. The Morgan fingerprint density at radius 3 is 2.57 bits per heavy atom. The predicted octanol–water partition coefficient (Wildman–Crippen LogP) is -0.0107. The van der Waals surface area contributed by atoms with Crippen LogP contribution in [0.4, 0.5) is 4.39 Å². The maximum absolute atomic E-state index is 13.6. The standard InChI is InChI=1S/C11H12FNO6S2/c12-9-2-1-7(11(14)15)5-10(9)21(18,19)13-8-3-4-20(16,17)6-8/h1-2,5,8,13H,3-4,6H2,(H,14,15). The van der Waals surface area contributed by atoms with Crippen molar-refractivity contribution in [3.05, 3.63) is 29.6 Å². The second-order valence-corrected chi connectivity index (χ2v) is 8.58. The summed E-state index contributed by atoms with van der Waals surface area (Å²) in [5, 5.41) is 8.80. The van der Waals surface area contributed by atoms with Crippen molar-refractivity contribution in [3.8, 4) is 0 Å². The van der Waals surface area contributed by atoms with Crippen LogP contribution in [-0.2, 0) is 19.9 Å². The van der Waals surface area contributed by atoms with Crippen molar-refractivity contribution in [2.45, 2.75) is 17.4 Å². The highest BCUT2D eigenvalue weighted by Crippen LogP contribution is 2.19. The lowest BCUT2D eigenvalue weighted by molar-refractivity contribution is 0.0696. The molecule has 1 aromatic carbocycles. The normalized spacial score (nSPS) is 21.3. The summed E-state index contributed by atoms with van der Waals surface area (Å²) < 4.78 is 62.4. The number of sulfone groups is 1. The van der Waals surface area contributed by atoms with E-state index >= 15 is 0 Å². The van der Waals surface area contributed by atoms with Crippen LogP contribution < -0.4 is 4.72 Å². The van der Waals surface area contributed by atoms with Crippen molar-refractivity contribution in [2.75, 3.05) is 11.5 Å². The average Bonchev–Trinajstić information content (AvgIpc) is 2.67. The van der Waals surface area contributed by atoms with E-state index in [1.54, 1.807) is 0 Å². The molecular formula is C11H12FNO6S2. The molecule has 1 aromatic rings. The van der Waals surface area contributed by atoms with Gasteiger partial charge in [-0.05, 0) is 24.6 Å². The summed E-state index contributed by atoms with van der Waals surface area (Å²) in [4.78, 5) is 9.99. The number of benzene rings is 1. The van der Waals surface area contributed by atoms with Gasteiger partial charge in [0.1, 0.15) is 10.7 Å². The molecule has 0 saturated carbocycles. The second-order valence-electron chi connectivity index (χ2n) is 4.67. The SMILES string of the molecule is O=C(O)c1ccc(F)c(S(=O)(=O)NC2CCS(=O)(=O)C2)c1.